The highest BCUT2D eigenvalue weighted by molar-refractivity contribution is 5.76. The van der Waals surface area contributed by atoms with Crippen molar-refractivity contribution in [2.45, 2.75) is 79.2 Å². The van der Waals surface area contributed by atoms with Crippen LogP contribution in [0, 0.1) is 35.0 Å². The topological polar surface area (TPSA) is 26.3 Å². The molecule has 2 bridgehead atoms. The van der Waals surface area contributed by atoms with Crippen molar-refractivity contribution in [2.24, 2.45) is 35.0 Å². The van der Waals surface area contributed by atoms with Crippen LogP contribution in [0.1, 0.15) is 73.6 Å². The predicted octanol–water partition coefficient (Wildman–Crippen LogP) is 5.37. The van der Waals surface area contributed by atoms with E-state index in [1.54, 1.807) is 5.57 Å². The van der Waals surface area contributed by atoms with E-state index in [2.05, 4.69) is 47.6 Å². The van der Waals surface area contributed by atoms with Crippen LogP contribution in [0.4, 0.5) is 0 Å². The van der Waals surface area contributed by atoms with Crippen LogP contribution < -0.4 is 0 Å². The van der Waals surface area contributed by atoms with Crippen LogP contribution in [0.5, 0.6) is 0 Å². The van der Waals surface area contributed by atoms with Gasteiger partial charge in [-0.1, -0.05) is 45.8 Å². The molecule has 2 heteroatoms. The number of ether oxygens (including phenoxy) is 1. The number of esters is 1. The fraction of sp³-hybridized carbons (Fsp3) is 0.857. The molecule has 0 radical (unpaired) electrons. The summed E-state index contributed by atoms with van der Waals surface area (Å²) in [5.41, 5.74) is 1.06. The Hall–Kier alpha value is -0.790. The number of carbonyl (C=O) groups is 1. The summed E-state index contributed by atoms with van der Waals surface area (Å²) in [7, 11) is 0. The Balaban J connectivity index is 1.90. The van der Waals surface area contributed by atoms with Gasteiger partial charge >= 0.3 is 5.97 Å². The van der Waals surface area contributed by atoms with Crippen molar-refractivity contribution in [3.63, 3.8) is 0 Å². The van der Waals surface area contributed by atoms with E-state index in [1.807, 2.05) is 0 Å². The number of hydrogen-bond donors (Lipinski definition) is 0. The highest BCUT2D eigenvalue weighted by Crippen LogP contribution is 2.65. The highest BCUT2D eigenvalue weighted by Gasteiger charge is 2.65. The smallest absolute Gasteiger partial charge is 0.312 e. The molecule has 3 aliphatic rings. The number of hydrogen-bond acceptors (Lipinski definition) is 2. The van der Waals surface area contributed by atoms with Crippen LogP contribution in [-0.4, -0.2) is 11.6 Å². The Bertz CT molecular complexity index is 516. The summed E-state index contributed by atoms with van der Waals surface area (Å²) >= 11 is 0. The summed E-state index contributed by atoms with van der Waals surface area (Å²) in [5.74, 6) is 2.84. The van der Waals surface area contributed by atoms with Gasteiger partial charge in [-0.15, -0.1) is 0 Å². The van der Waals surface area contributed by atoms with E-state index in [4.69, 9.17) is 4.74 Å². The van der Waals surface area contributed by atoms with Gasteiger partial charge < -0.3 is 4.74 Å². The minimum Gasteiger partial charge on any atom is -0.458 e. The van der Waals surface area contributed by atoms with Gasteiger partial charge in [0.1, 0.15) is 5.60 Å². The SMILES string of the molecule is CCCC(C)(C)C(=O)OC1(C(C)C)C2CC(C)C=C3CC1C3C2. The first-order valence-corrected chi connectivity index (χ1v) is 9.66. The molecule has 0 N–H and O–H groups in total. The van der Waals surface area contributed by atoms with Crippen molar-refractivity contribution < 1.29 is 9.53 Å². The standard InChI is InChI=1S/C21H34O2/c1-7-8-20(5,6)19(22)23-21(13(2)3)16-10-14(4)9-15-11-18(21)17(15)12-16/h9,13-14,16-18H,7-8,10-12H2,1-6H3. The maximum atomic E-state index is 13.0. The average molecular weight is 319 g/mol. The molecule has 0 aromatic heterocycles. The van der Waals surface area contributed by atoms with Gasteiger partial charge in [-0.25, -0.2) is 0 Å². The van der Waals surface area contributed by atoms with Gasteiger partial charge in [0.25, 0.3) is 0 Å². The first-order chi connectivity index (χ1) is 10.7. The molecule has 0 saturated heterocycles. The van der Waals surface area contributed by atoms with Crippen LogP contribution in [-0.2, 0) is 9.53 Å². The van der Waals surface area contributed by atoms with Crippen molar-refractivity contribution in [1.82, 2.24) is 0 Å². The van der Waals surface area contributed by atoms with E-state index in [-0.39, 0.29) is 17.0 Å². The lowest BCUT2D eigenvalue weighted by Crippen LogP contribution is -2.54. The van der Waals surface area contributed by atoms with Crippen molar-refractivity contribution in [3.05, 3.63) is 11.6 Å². The monoisotopic (exact) mass is 318 g/mol. The maximum absolute atomic E-state index is 13.0. The molecule has 3 rings (SSSR count). The van der Waals surface area contributed by atoms with Gasteiger partial charge in [0.2, 0.25) is 0 Å². The van der Waals surface area contributed by atoms with Crippen molar-refractivity contribution in [3.8, 4) is 0 Å². The first kappa shape index (κ1) is 17.0. The van der Waals surface area contributed by atoms with Gasteiger partial charge in [0.15, 0.2) is 0 Å². The molecule has 2 nitrogen and oxygen atoms in total. The van der Waals surface area contributed by atoms with Gasteiger partial charge in [0, 0.05) is 11.8 Å². The Labute approximate surface area is 142 Å². The summed E-state index contributed by atoms with van der Waals surface area (Å²) in [6.45, 7) is 13.1. The second-order valence-corrected chi connectivity index (χ2v) is 9.34. The molecule has 0 aromatic carbocycles. The second-order valence-electron chi connectivity index (χ2n) is 9.34. The van der Waals surface area contributed by atoms with Gasteiger partial charge in [-0.05, 0) is 57.3 Å². The zero-order valence-corrected chi connectivity index (χ0v) is 15.8. The average Bonchev–Trinajstić information content (AvgIpc) is 2.58. The van der Waals surface area contributed by atoms with Crippen LogP contribution >= 0.6 is 0 Å². The zero-order valence-electron chi connectivity index (χ0n) is 15.8. The normalized spacial score (nSPS) is 38.8. The molecule has 5 unspecified atom stereocenters. The van der Waals surface area contributed by atoms with E-state index in [0.29, 0.717) is 29.6 Å². The molecule has 0 aliphatic heterocycles. The maximum Gasteiger partial charge on any atom is 0.312 e. The zero-order chi connectivity index (χ0) is 17.0. The van der Waals surface area contributed by atoms with Gasteiger partial charge in [-0.3, -0.25) is 4.79 Å². The molecular weight excluding hydrogens is 284 g/mol. The van der Waals surface area contributed by atoms with Crippen LogP contribution in [0.3, 0.4) is 0 Å². The molecule has 2 saturated carbocycles. The molecule has 130 valence electrons. The first-order valence-electron chi connectivity index (χ1n) is 9.66. The minimum atomic E-state index is -0.364. The van der Waals surface area contributed by atoms with Crippen molar-refractivity contribution in [2.75, 3.05) is 0 Å². The van der Waals surface area contributed by atoms with E-state index >= 15 is 0 Å². The second kappa shape index (κ2) is 5.63. The highest BCUT2D eigenvalue weighted by atomic mass is 16.6. The number of fused-ring (bicyclic) bond motifs is 1. The number of carbonyl (C=O) groups excluding carboxylic acids is 1. The lowest BCUT2D eigenvalue weighted by atomic mass is 9.61. The van der Waals surface area contributed by atoms with Crippen molar-refractivity contribution in [1.29, 1.82) is 0 Å². The van der Waals surface area contributed by atoms with E-state index < -0.39 is 0 Å². The third kappa shape index (κ3) is 2.48. The molecule has 3 aliphatic carbocycles. The Morgan fingerprint density at radius 1 is 1.39 bits per heavy atom. The quantitative estimate of drug-likeness (QED) is 0.503. The summed E-state index contributed by atoms with van der Waals surface area (Å²) < 4.78 is 6.48. The third-order valence-corrected chi connectivity index (χ3v) is 6.93. The van der Waals surface area contributed by atoms with Crippen molar-refractivity contribution >= 4 is 5.97 Å². The molecule has 0 aromatic rings. The molecule has 0 spiro atoms. The summed E-state index contributed by atoms with van der Waals surface area (Å²) in [5, 5.41) is 0. The molecule has 5 atom stereocenters. The van der Waals surface area contributed by atoms with Crippen LogP contribution in [0.15, 0.2) is 11.6 Å². The minimum absolute atomic E-state index is 0.0318. The molecule has 23 heavy (non-hydrogen) atoms. The fourth-order valence-corrected chi connectivity index (χ4v) is 5.79. The summed E-state index contributed by atoms with van der Waals surface area (Å²) in [6.07, 6.45) is 8.01. The Morgan fingerprint density at radius 2 is 2.09 bits per heavy atom. The predicted molar refractivity (Wildman–Crippen MR) is 93.9 cm³/mol. The Kier molecular flexibility index (Phi) is 4.18. The summed E-state index contributed by atoms with van der Waals surface area (Å²) in [6, 6.07) is 0. The van der Waals surface area contributed by atoms with Crippen LogP contribution in [0.25, 0.3) is 0 Å². The van der Waals surface area contributed by atoms with Gasteiger partial charge in [0.05, 0.1) is 5.41 Å². The van der Waals surface area contributed by atoms with Crippen LogP contribution in [0.2, 0.25) is 0 Å². The Morgan fingerprint density at radius 3 is 2.70 bits per heavy atom. The number of allylic oxidation sites excluding steroid dienone is 2. The fourth-order valence-electron chi connectivity index (χ4n) is 5.79. The molecule has 0 amide bonds. The lowest BCUT2D eigenvalue weighted by Gasteiger charge is -2.51. The molecule has 0 heterocycles. The largest absolute Gasteiger partial charge is 0.458 e. The lowest BCUT2D eigenvalue weighted by molar-refractivity contribution is -0.193. The van der Waals surface area contributed by atoms with Gasteiger partial charge in [-0.2, -0.15) is 0 Å². The van der Waals surface area contributed by atoms with E-state index in [9.17, 15) is 4.79 Å². The van der Waals surface area contributed by atoms with E-state index in [1.165, 1.54) is 12.8 Å². The third-order valence-electron chi connectivity index (χ3n) is 6.93. The molecular formula is C21H34O2. The number of rotatable bonds is 5. The molecule has 2 fully saturated rings. The summed E-state index contributed by atoms with van der Waals surface area (Å²) in [4.78, 5) is 13.0. The van der Waals surface area contributed by atoms with E-state index in [0.717, 1.165) is 19.3 Å².